The third-order valence-electron chi connectivity index (χ3n) is 5.49. The molecule has 0 saturated carbocycles. The van der Waals surface area contributed by atoms with E-state index in [2.05, 4.69) is 45.6 Å². The number of halogens is 1. The molecule has 0 aliphatic carbocycles. The highest BCUT2D eigenvalue weighted by Crippen LogP contribution is 2.31. The van der Waals surface area contributed by atoms with Crippen molar-refractivity contribution < 1.29 is 4.79 Å². The van der Waals surface area contributed by atoms with Crippen LogP contribution in [0, 0.1) is 0 Å². The van der Waals surface area contributed by atoms with E-state index >= 15 is 0 Å². The second kappa shape index (κ2) is 8.81. The number of amides is 1. The van der Waals surface area contributed by atoms with E-state index in [0.29, 0.717) is 23.7 Å². The molecule has 0 bridgehead atoms. The molecule has 0 unspecified atom stereocenters. The number of fused-ring (bicyclic) bond motifs is 2. The molecule has 0 radical (unpaired) electrons. The molecule has 32 heavy (non-hydrogen) atoms. The number of para-hydroxylation sites is 2. The van der Waals surface area contributed by atoms with E-state index in [-0.39, 0.29) is 5.91 Å². The number of H-pyrrole nitrogens is 1. The van der Waals surface area contributed by atoms with Crippen LogP contribution in [0.5, 0.6) is 0 Å². The van der Waals surface area contributed by atoms with Gasteiger partial charge < -0.3 is 10.3 Å². The van der Waals surface area contributed by atoms with Crippen molar-refractivity contribution in [3.63, 3.8) is 0 Å². The maximum Gasteiger partial charge on any atom is 0.225 e. The number of nitrogens with one attached hydrogen (secondary N) is 2. The van der Waals surface area contributed by atoms with Crippen molar-refractivity contribution in [2.24, 2.45) is 0 Å². The van der Waals surface area contributed by atoms with Crippen LogP contribution in [0.15, 0.2) is 79.0 Å². The van der Waals surface area contributed by atoms with Crippen molar-refractivity contribution in [3.8, 4) is 11.4 Å². The number of aromatic nitrogens is 3. The summed E-state index contributed by atoms with van der Waals surface area (Å²) < 4.78 is 0. The van der Waals surface area contributed by atoms with Gasteiger partial charge >= 0.3 is 0 Å². The lowest BCUT2D eigenvalue weighted by Crippen LogP contribution is -2.12. The van der Waals surface area contributed by atoms with Crippen molar-refractivity contribution >= 4 is 45.1 Å². The van der Waals surface area contributed by atoms with Crippen LogP contribution in [0.3, 0.4) is 0 Å². The topological polar surface area (TPSA) is 70.7 Å². The lowest BCUT2D eigenvalue weighted by molar-refractivity contribution is -0.116. The third kappa shape index (κ3) is 4.20. The fourth-order valence-electron chi connectivity index (χ4n) is 3.96. The summed E-state index contributed by atoms with van der Waals surface area (Å²) in [5.41, 5.74) is 5.13. The summed E-state index contributed by atoms with van der Waals surface area (Å²) in [6.07, 6.45) is 3.39. The summed E-state index contributed by atoms with van der Waals surface area (Å²) in [5, 5.41) is 5.64. The van der Waals surface area contributed by atoms with Crippen molar-refractivity contribution in [1.29, 1.82) is 0 Å². The second-order valence-electron chi connectivity index (χ2n) is 7.68. The number of benzene rings is 2. The molecule has 5 aromatic rings. The minimum atomic E-state index is -0.0648. The maximum absolute atomic E-state index is 12.4. The molecule has 5 rings (SSSR count). The third-order valence-corrected chi connectivity index (χ3v) is 5.72. The zero-order valence-electron chi connectivity index (χ0n) is 17.3. The highest BCUT2D eigenvalue weighted by molar-refractivity contribution is 6.30. The molecule has 6 heteroatoms. The Morgan fingerprint density at radius 3 is 2.69 bits per heavy atom. The number of hydrogen-bond donors (Lipinski definition) is 2. The van der Waals surface area contributed by atoms with E-state index < -0.39 is 0 Å². The van der Waals surface area contributed by atoms with Gasteiger partial charge in [-0.15, -0.1) is 0 Å². The van der Waals surface area contributed by atoms with Crippen molar-refractivity contribution in [2.45, 2.75) is 19.3 Å². The van der Waals surface area contributed by atoms with Gasteiger partial charge in [-0.2, -0.15) is 0 Å². The molecule has 2 N–H and O–H groups in total. The van der Waals surface area contributed by atoms with Gasteiger partial charge in [0.15, 0.2) is 0 Å². The largest absolute Gasteiger partial charge is 0.353 e. The number of anilines is 1. The van der Waals surface area contributed by atoms with E-state index in [4.69, 9.17) is 16.6 Å². The van der Waals surface area contributed by atoms with Crippen molar-refractivity contribution in [1.82, 2.24) is 15.0 Å². The molecule has 158 valence electrons. The molecule has 0 fully saturated rings. The molecule has 0 aliphatic rings. The molecule has 0 spiro atoms. The van der Waals surface area contributed by atoms with Gasteiger partial charge in [-0.25, -0.2) is 9.97 Å². The van der Waals surface area contributed by atoms with Gasteiger partial charge in [0, 0.05) is 28.9 Å². The zero-order valence-corrected chi connectivity index (χ0v) is 18.1. The zero-order chi connectivity index (χ0) is 21.9. The predicted octanol–water partition coefficient (Wildman–Crippen LogP) is 6.39. The van der Waals surface area contributed by atoms with Crippen LogP contribution in [0.2, 0.25) is 5.02 Å². The molecule has 3 aromatic heterocycles. The summed E-state index contributed by atoms with van der Waals surface area (Å²) in [5.74, 6) is 0.442. The van der Waals surface area contributed by atoms with Crippen LogP contribution in [0.4, 0.5) is 5.82 Å². The average Bonchev–Trinajstić information content (AvgIpc) is 3.19. The van der Waals surface area contributed by atoms with Gasteiger partial charge in [0.05, 0.1) is 21.9 Å². The summed E-state index contributed by atoms with van der Waals surface area (Å²) in [7, 11) is 0. The molecule has 2 aromatic carbocycles. The normalized spacial score (nSPS) is 11.2. The monoisotopic (exact) mass is 440 g/mol. The standard InChI is InChI=1S/C26H21ClN4O/c27-18-13-15-24(28-16-18)31-25(32)11-5-8-20-19-7-2-4-10-22(19)30-26(20)23-14-12-17-6-1-3-9-21(17)29-23/h1-4,6-7,9-10,12-16,30H,5,8,11H2,(H,28,31,32). The summed E-state index contributed by atoms with van der Waals surface area (Å²) in [6, 6.07) is 23.9. The molecule has 0 aliphatic heterocycles. The molecular weight excluding hydrogens is 420 g/mol. The Hall–Kier alpha value is -3.70. The Balaban J connectivity index is 1.38. The number of aromatic amines is 1. The fourth-order valence-corrected chi connectivity index (χ4v) is 4.08. The maximum atomic E-state index is 12.4. The van der Waals surface area contributed by atoms with E-state index in [1.54, 1.807) is 12.1 Å². The number of carbonyl (C=O) groups excluding carboxylic acids is 1. The average molecular weight is 441 g/mol. The fraction of sp³-hybridized carbons (Fsp3) is 0.115. The minimum absolute atomic E-state index is 0.0648. The van der Waals surface area contributed by atoms with Gasteiger partial charge in [-0.1, -0.05) is 54.1 Å². The predicted molar refractivity (Wildman–Crippen MR) is 130 cm³/mol. The van der Waals surface area contributed by atoms with E-state index in [1.165, 1.54) is 11.8 Å². The van der Waals surface area contributed by atoms with Gasteiger partial charge in [-0.05, 0) is 48.7 Å². The van der Waals surface area contributed by atoms with E-state index in [1.807, 2.05) is 30.3 Å². The first-order chi connectivity index (χ1) is 15.7. The molecule has 5 nitrogen and oxygen atoms in total. The molecule has 3 heterocycles. The number of rotatable bonds is 6. The Morgan fingerprint density at radius 2 is 1.81 bits per heavy atom. The first kappa shape index (κ1) is 20.2. The molecule has 0 atom stereocenters. The van der Waals surface area contributed by atoms with Crippen LogP contribution in [0.1, 0.15) is 18.4 Å². The van der Waals surface area contributed by atoms with Crippen LogP contribution >= 0.6 is 11.6 Å². The molecule has 0 saturated heterocycles. The van der Waals surface area contributed by atoms with Crippen molar-refractivity contribution in [3.05, 3.63) is 89.6 Å². The molecule has 1 amide bonds. The number of hydrogen-bond acceptors (Lipinski definition) is 3. The van der Waals surface area contributed by atoms with E-state index in [9.17, 15) is 4.79 Å². The Morgan fingerprint density at radius 1 is 0.969 bits per heavy atom. The molecular formula is C26H21ClN4O. The lowest BCUT2D eigenvalue weighted by Gasteiger charge is -2.07. The van der Waals surface area contributed by atoms with Gasteiger partial charge in [0.2, 0.25) is 5.91 Å². The van der Waals surface area contributed by atoms with Gasteiger partial charge in [-0.3, -0.25) is 4.79 Å². The Labute approximate surface area is 190 Å². The minimum Gasteiger partial charge on any atom is -0.353 e. The highest BCUT2D eigenvalue weighted by Gasteiger charge is 2.15. The van der Waals surface area contributed by atoms with Gasteiger partial charge in [0.1, 0.15) is 5.82 Å². The first-order valence-corrected chi connectivity index (χ1v) is 10.9. The van der Waals surface area contributed by atoms with Crippen LogP contribution in [-0.4, -0.2) is 20.9 Å². The lowest BCUT2D eigenvalue weighted by atomic mass is 10.0. The number of aryl methyl sites for hydroxylation is 1. The van der Waals surface area contributed by atoms with Gasteiger partial charge in [0.25, 0.3) is 0 Å². The number of pyridine rings is 2. The quantitative estimate of drug-likeness (QED) is 0.321. The number of nitrogens with zero attached hydrogens (tertiary/aromatic N) is 2. The second-order valence-corrected chi connectivity index (χ2v) is 8.11. The summed E-state index contributed by atoms with van der Waals surface area (Å²) >= 11 is 5.85. The van der Waals surface area contributed by atoms with Crippen LogP contribution in [0.25, 0.3) is 33.2 Å². The summed E-state index contributed by atoms with van der Waals surface area (Å²) in [4.78, 5) is 24.9. The Kier molecular flexibility index (Phi) is 5.57. The van der Waals surface area contributed by atoms with E-state index in [0.717, 1.165) is 39.6 Å². The number of carbonyl (C=O) groups is 1. The summed E-state index contributed by atoms with van der Waals surface area (Å²) in [6.45, 7) is 0. The van der Waals surface area contributed by atoms with Crippen LogP contribution < -0.4 is 5.32 Å². The Bertz CT molecular complexity index is 1410. The van der Waals surface area contributed by atoms with Crippen molar-refractivity contribution in [2.75, 3.05) is 5.32 Å². The SMILES string of the molecule is O=C(CCCc1c(-c2ccc3ccccc3n2)[nH]c2ccccc12)Nc1ccc(Cl)cn1. The van der Waals surface area contributed by atoms with Crippen LogP contribution in [-0.2, 0) is 11.2 Å². The smallest absolute Gasteiger partial charge is 0.225 e. The highest BCUT2D eigenvalue weighted by atomic mass is 35.5. The first-order valence-electron chi connectivity index (χ1n) is 10.5.